The van der Waals surface area contributed by atoms with Crippen molar-refractivity contribution in [1.29, 1.82) is 0 Å². The molecule has 0 saturated heterocycles. The highest BCUT2D eigenvalue weighted by Crippen LogP contribution is 2.13. The summed E-state index contributed by atoms with van der Waals surface area (Å²) in [6.07, 6.45) is 10.4. The number of carbonyl (C=O) groups is 1. The molecular formula is C11H18O2. The maximum absolute atomic E-state index is 10.7. The van der Waals surface area contributed by atoms with E-state index in [-0.39, 0.29) is 18.5 Å². The predicted octanol–water partition coefficient (Wildman–Crippen LogP) is 2.48. The molecule has 0 aromatic rings. The smallest absolute Gasteiger partial charge is 0.155 e. The third-order valence-corrected chi connectivity index (χ3v) is 2.21. The summed E-state index contributed by atoms with van der Waals surface area (Å²) in [5, 5.41) is 0. The Hall–Kier alpha value is -0.630. The van der Waals surface area contributed by atoms with Gasteiger partial charge >= 0.3 is 0 Å². The number of ether oxygens (including phenoxy) is 1. The quantitative estimate of drug-likeness (QED) is 0.627. The van der Waals surface area contributed by atoms with Gasteiger partial charge < -0.3 is 4.74 Å². The molecule has 2 nitrogen and oxygen atoms in total. The number of hydrogen-bond donors (Lipinski definition) is 0. The van der Waals surface area contributed by atoms with Crippen LogP contribution in [0.25, 0.3) is 0 Å². The first kappa shape index (κ1) is 10.5. The minimum absolute atomic E-state index is 0.107. The van der Waals surface area contributed by atoms with E-state index in [1.54, 1.807) is 6.92 Å². The second-order valence-corrected chi connectivity index (χ2v) is 3.62. The van der Waals surface area contributed by atoms with Crippen molar-refractivity contribution in [2.24, 2.45) is 0 Å². The normalized spacial score (nSPS) is 26.1. The van der Waals surface area contributed by atoms with E-state index in [0.717, 1.165) is 12.8 Å². The highest BCUT2D eigenvalue weighted by Gasteiger charge is 2.07. The molecule has 0 heterocycles. The zero-order valence-electron chi connectivity index (χ0n) is 8.29. The Balaban J connectivity index is 2.28. The summed E-state index contributed by atoms with van der Waals surface area (Å²) in [6, 6.07) is 0. The molecule has 0 saturated carbocycles. The van der Waals surface area contributed by atoms with Gasteiger partial charge in [0.1, 0.15) is 6.61 Å². The van der Waals surface area contributed by atoms with Crippen LogP contribution in [-0.2, 0) is 9.53 Å². The largest absolute Gasteiger partial charge is 0.366 e. The molecule has 1 aliphatic rings. The summed E-state index contributed by atoms with van der Waals surface area (Å²) in [5.41, 5.74) is 0. The van der Waals surface area contributed by atoms with Gasteiger partial charge in [0, 0.05) is 0 Å². The molecule has 1 atom stereocenters. The second kappa shape index (κ2) is 5.92. The van der Waals surface area contributed by atoms with Gasteiger partial charge in [-0.15, -0.1) is 0 Å². The van der Waals surface area contributed by atoms with Crippen LogP contribution in [0.3, 0.4) is 0 Å². The number of allylic oxidation sites excluding steroid dienone is 1. The van der Waals surface area contributed by atoms with E-state index in [1.807, 2.05) is 0 Å². The van der Waals surface area contributed by atoms with E-state index in [4.69, 9.17) is 4.74 Å². The average molecular weight is 182 g/mol. The Morgan fingerprint density at radius 1 is 1.46 bits per heavy atom. The molecule has 0 spiro atoms. The SMILES string of the molecule is CC(=O)COC1/C=C\CCCCC1. The van der Waals surface area contributed by atoms with Gasteiger partial charge in [0.15, 0.2) is 5.78 Å². The van der Waals surface area contributed by atoms with Crippen LogP contribution >= 0.6 is 0 Å². The molecule has 1 aliphatic carbocycles. The molecule has 0 aromatic heterocycles. The lowest BCUT2D eigenvalue weighted by Crippen LogP contribution is -2.15. The van der Waals surface area contributed by atoms with Crippen LogP contribution in [0.4, 0.5) is 0 Å². The van der Waals surface area contributed by atoms with E-state index in [0.29, 0.717) is 0 Å². The van der Waals surface area contributed by atoms with Crippen molar-refractivity contribution >= 4 is 5.78 Å². The minimum atomic E-state index is 0.107. The zero-order valence-corrected chi connectivity index (χ0v) is 8.29. The maximum atomic E-state index is 10.7. The van der Waals surface area contributed by atoms with Gasteiger partial charge in [-0.3, -0.25) is 4.79 Å². The van der Waals surface area contributed by atoms with Crippen LogP contribution in [0.5, 0.6) is 0 Å². The molecule has 13 heavy (non-hydrogen) atoms. The first-order chi connectivity index (χ1) is 6.29. The number of Topliss-reactive ketones (excluding diaryl/α,β-unsaturated/α-hetero) is 1. The van der Waals surface area contributed by atoms with Crippen molar-refractivity contribution in [2.75, 3.05) is 6.61 Å². The predicted molar refractivity (Wildman–Crippen MR) is 52.6 cm³/mol. The highest BCUT2D eigenvalue weighted by atomic mass is 16.5. The number of ketones is 1. The third-order valence-electron chi connectivity index (χ3n) is 2.21. The first-order valence-electron chi connectivity index (χ1n) is 5.07. The van der Waals surface area contributed by atoms with Gasteiger partial charge in [0.25, 0.3) is 0 Å². The van der Waals surface area contributed by atoms with Crippen LogP contribution in [0.2, 0.25) is 0 Å². The van der Waals surface area contributed by atoms with E-state index in [1.165, 1.54) is 19.3 Å². The van der Waals surface area contributed by atoms with Gasteiger partial charge in [-0.25, -0.2) is 0 Å². The number of rotatable bonds is 3. The Kier molecular flexibility index (Phi) is 4.76. The van der Waals surface area contributed by atoms with Crippen LogP contribution in [0, 0.1) is 0 Å². The summed E-state index contributed by atoms with van der Waals surface area (Å²) < 4.78 is 5.44. The van der Waals surface area contributed by atoms with Crippen molar-refractivity contribution in [3.8, 4) is 0 Å². The number of hydrogen-bond acceptors (Lipinski definition) is 2. The summed E-state index contributed by atoms with van der Waals surface area (Å²) in [6.45, 7) is 1.82. The average Bonchev–Trinajstić information content (AvgIpc) is 2.01. The molecule has 0 aliphatic heterocycles. The molecule has 0 bridgehead atoms. The zero-order chi connectivity index (χ0) is 9.52. The Bertz CT molecular complexity index is 185. The van der Waals surface area contributed by atoms with Crippen LogP contribution in [0.15, 0.2) is 12.2 Å². The Morgan fingerprint density at radius 2 is 2.31 bits per heavy atom. The van der Waals surface area contributed by atoms with E-state index >= 15 is 0 Å². The van der Waals surface area contributed by atoms with Crippen molar-refractivity contribution < 1.29 is 9.53 Å². The topological polar surface area (TPSA) is 26.3 Å². The van der Waals surface area contributed by atoms with Gasteiger partial charge in [-0.2, -0.15) is 0 Å². The molecule has 0 aromatic carbocycles. The van der Waals surface area contributed by atoms with Gasteiger partial charge in [-0.1, -0.05) is 25.0 Å². The van der Waals surface area contributed by atoms with Crippen molar-refractivity contribution in [1.82, 2.24) is 0 Å². The molecule has 74 valence electrons. The van der Waals surface area contributed by atoms with E-state index in [9.17, 15) is 4.79 Å². The maximum Gasteiger partial charge on any atom is 0.155 e. The molecule has 0 fully saturated rings. The molecule has 2 heteroatoms. The molecule has 0 amide bonds. The summed E-state index contributed by atoms with van der Waals surface area (Å²) in [7, 11) is 0. The molecule has 1 unspecified atom stereocenters. The van der Waals surface area contributed by atoms with E-state index < -0.39 is 0 Å². The number of carbonyl (C=O) groups excluding carboxylic acids is 1. The van der Waals surface area contributed by atoms with Crippen molar-refractivity contribution in [2.45, 2.75) is 45.1 Å². The van der Waals surface area contributed by atoms with Gasteiger partial charge in [0.05, 0.1) is 6.10 Å². The van der Waals surface area contributed by atoms with Gasteiger partial charge in [-0.05, 0) is 26.2 Å². The highest BCUT2D eigenvalue weighted by molar-refractivity contribution is 5.76. The van der Waals surface area contributed by atoms with Crippen LogP contribution in [-0.4, -0.2) is 18.5 Å². The van der Waals surface area contributed by atoms with Crippen molar-refractivity contribution in [3.63, 3.8) is 0 Å². The monoisotopic (exact) mass is 182 g/mol. The molecule has 1 rings (SSSR count). The van der Waals surface area contributed by atoms with Crippen LogP contribution in [0.1, 0.15) is 39.0 Å². The molecule has 0 radical (unpaired) electrons. The van der Waals surface area contributed by atoms with E-state index in [2.05, 4.69) is 12.2 Å². The lowest BCUT2D eigenvalue weighted by atomic mass is 10.0. The standard InChI is InChI=1S/C11H18O2/c1-10(12)9-13-11-7-5-3-2-4-6-8-11/h5,7,11H,2-4,6,8-9H2,1H3/b7-5-. The third kappa shape index (κ3) is 4.83. The van der Waals surface area contributed by atoms with Crippen LogP contribution < -0.4 is 0 Å². The Labute approximate surface area is 80.0 Å². The fraction of sp³-hybridized carbons (Fsp3) is 0.727. The Morgan fingerprint density at radius 3 is 3.08 bits per heavy atom. The fourth-order valence-electron chi connectivity index (χ4n) is 1.49. The summed E-state index contributed by atoms with van der Waals surface area (Å²) >= 11 is 0. The van der Waals surface area contributed by atoms with Gasteiger partial charge in [0.2, 0.25) is 0 Å². The lowest BCUT2D eigenvalue weighted by Gasteiger charge is -2.14. The first-order valence-corrected chi connectivity index (χ1v) is 5.07. The summed E-state index contributed by atoms with van der Waals surface area (Å²) in [5.74, 6) is 0.107. The fourth-order valence-corrected chi connectivity index (χ4v) is 1.49. The summed E-state index contributed by atoms with van der Waals surface area (Å²) in [4.78, 5) is 10.7. The lowest BCUT2D eigenvalue weighted by molar-refractivity contribution is -0.122. The molecular weight excluding hydrogens is 164 g/mol. The minimum Gasteiger partial charge on any atom is -0.366 e. The van der Waals surface area contributed by atoms with Crippen molar-refractivity contribution in [3.05, 3.63) is 12.2 Å². The second-order valence-electron chi connectivity index (χ2n) is 3.62. The molecule has 0 N–H and O–H groups in total.